The number of nitrogens with one attached hydrogen (secondary N) is 3. The second-order valence-electron chi connectivity index (χ2n) is 6.19. The summed E-state index contributed by atoms with van der Waals surface area (Å²) in [5, 5.41) is 13.6. The molecule has 0 aliphatic heterocycles. The van der Waals surface area contributed by atoms with Crippen LogP contribution >= 0.6 is 0 Å². The summed E-state index contributed by atoms with van der Waals surface area (Å²) in [5.41, 5.74) is 15.8. The molecule has 1 atom stereocenters. The van der Waals surface area contributed by atoms with E-state index in [1.54, 1.807) is 25.6 Å². The maximum Gasteiger partial charge on any atom is 0.132 e. The van der Waals surface area contributed by atoms with Gasteiger partial charge in [-0.15, -0.1) is 0 Å². The Labute approximate surface area is 159 Å². The van der Waals surface area contributed by atoms with Gasteiger partial charge in [0.05, 0.1) is 11.0 Å². The number of anilines is 1. The van der Waals surface area contributed by atoms with Crippen molar-refractivity contribution in [1.29, 1.82) is 5.41 Å². The quantitative estimate of drug-likeness (QED) is 0.362. The maximum atomic E-state index is 7.54. The third-order valence-corrected chi connectivity index (χ3v) is 4.29. The van der Waals surface area contributed by atoms with Gasteiger partial charge in [0.25, 0.3) is 0 Å². The summed E-state index contributed by atoms with van der Waals surface area (Å²) in [5.74, 6) is 1.41. The van der Waals surface area contributed by atoms with Gasteiger partial charge in [-0.05, 0) is 48.4 Å². The number of nitrogens with zero attached hydrogens (tertiary/aromatic N) is 2. The zero-order valence-electron chi connectivity index (χ0n) is 16.0. The first-order valence-electron chi connectivity index (χ1n) is 8.83. The second kappa shape index (κ2) is 9.38. The number of fused-ring (bicyclic) bond motifs is 1. The van der Waals surface area contributed by atoms with Crippen molar-refractivity contribution in [2.45, 2.75) is 20.3 Å². The van der Waals surface area contributed by atoms with Crippen LogP contribution in [-0.4, -0.2) is 23.2 Å². The molecule has 0 amide bonds. The first-order valence-corrected chi connectivity index (χ1v) is 8.83. The van der Waals surface area contributed by atoms with Gasteiger partial charge in [0, 0.05) is 36.8 Å². The molecule has 2 rings (SSSR count). The summed E-state index contributed by atoms with van der Waals surface area (Å²) in [7, 11) is 1.79. The van der Waals surface area contributed by atoms with E-state index in [-0.39, 0.29) is 0 Å². The molecule has 7 N–H and O–H groups in total. The fraction of sp³-hybridized carbons (Fsp3) is 0.250. The van der Waals surface area contributed by atoms with Crippen molar-refractivity contribution in [3.8, 4) is 0 Å². The van der Waals surface area contributed by atoms with Crippen LogP contribution in [0.3, 0.4) is 0 Å². The number of pyridine rings is 2. The molecule has 27 heavy (non-hydrogen) atoms. The van der Waals surface area contributed by atoms with Crippen LogP contribution in [0, 0.1) is 11.3 Å². The van der Waals surface area contributed by atoms with E-state index in [1.165, 1.54) is 6.21 Å². The predicted molar refractivity (Wildman–Crippen MR) is 113 cm³/mol. The smallest absolute Gasteiger partial charge is 0.132 e. The van der Waals surface area contributed by atoms with Crippen LogP contribution in [0.4, 0.5) is 5.82 Å². The molecule has 2 heterocycles. The van der Waals surface area contributed by atoms with Gasteiger partial charge in [-0.1, -0.05) is 13.8 Å². The highest BCUT2D eigenvalue weighted by Crippen LogP contribution is 2.20. The molecular weight excluding hydrogens is 338 g/mol. The highest BCUT2D eigenvalue weighted by Gasteiger charge is 2.07. The summed E-state index contributed by atoms with van der Waals surface area (Å²) in [4.78, 5) is 9.00. The van der Waals surface area contributed by atoms with E-state index < -0.39 is 0 Å². The number of nitrogens with two attached hydrogens (primary N) is 2. The Hall–Kier alpha value is -3.35. The standard InChI is InChI=1S/C20H27N7/c1-4-13(2)14(9-21)8-19(23)27-20-6-5-17-18(26-20)7-15(12-25-17)16(10-22)11-24-3/h5-13,22,24H,4,21,23H2,1-3H3,(H,26,27)/b14-9+,16-11+,19-8+,22-10?. The lowest BCUT2D eigenvalue weighted by atomic mass is 9.99. The molecule has 0 spiro atoms. The lowest BCUT2D eigenvalue weighted by Gasteiger charge is -2.12. The minimum Gasteiger partial charge on any atom is -0.404 e. The van der Waals surface area contributed by atoms with Crippen molar-refractivity contribution in [3.05, 3.63) is 59.8 Å². The molecule has 7 nitrogen and oxygen atoms in total. The van der Waals surface area contributed by atoms with E-state index in [1.807, 2.05) is 24.3 Å². The molecular formula is C20H27N7. The van der Waals surface area contributed by atoms with Crippen molar-refractivity contribution < 1.29 is 0 Å². The molecule has 0 fully saturated rings. The van der Waals surface area contributed by atoms with E-state index in [4.69, 9.17) is 16.9 Å². The van der Waals surface area contributed by atoms with Crippen LogP contribution in [0.5, 0.6) is 0 Å². The average molecular weight is 365 g/mol. The highest BCUT2D eigenvalue weighted by molar-refractivity contribution is 6.08. The predicted octanol–water partition coefficient (Wildman–Crippen LogP) is 2.94. The number of aromatic nitrogens is 2. The Morgan fingerprint density at radius 3 is 2.74 bits per heavy atom. The minimum atomic E-state index is 0.324. The van der Waals surface area contributed by atoms with Crippen LogP contribution < -0.4 is 22.1 Å². The van der Waals surface area contributed by atoms with E-state index in [0.717, 1.165) is 28.6 Å². The van der Waals surface area contributed by atoms with E-state index >= 15 is 0 Å². The van der Waals surface area contributed by atoms with Crippen LogP contribution in [0.15, 0.2) is 54.3 Å². The average Bonchev–Trinajstić information content (AvgIpc) is 2.69. The van der Waals surface area contributed by atoms with Crippen molar-refractivity contribution in [2.75, 3.05) is 12.4 Å². The number of rotatable bonds is 8. The molecule has 0 radical (unpaired) electrons. The van der Waals surface area contributed by atoms with Gasteiger partial charge in [-0.3, -0.25) is 4.98 Å². The van der Waals surface area contributed by atoms with Gasteiger partial charge in [0.15, 0.2) is 0 Å². The minimum absolute atomic E-state index is 0.324. The Morgan fingerprint density at radius 1 is 1.33 bits per heavy atom. The summed E-state index contributed by atoms with van der Waals surface area (Å²) < 4.78 is 0. The molecule has 0 saturated heterocycles. The Balaban J connectivity index is 2.32. The van der Waals surface area contributed by atoms with Gasteiger partial charge in [0.2, 0.25) is 0 Å². The van der Waals surface area contributed by atoms with Gasteiger partial charge >= 0.3 is 0 Å². The highest BCUT2D eigenvalue weighted by atomic mass is 15.1. The van der Waals surface area contributed by atoms with E-state index in [9.17, 15) is 0 Å². The summed E-state index contributed by atoms with van der Waals surface area (Å²) in [6, 6.07) is 5.60. The summed E-state index contributed by atoms with van der Waals surface area (Å²) in [6.45, 7) is 4.20. The van der Waals surface area contributed by atoms with E-state index in [0.29, 0.717) is 23.1 Å². The normalized spacial score (nSPS) is 14.1. The number of hydrogen-bond donors (Lipinski definition) is 5. The van der Waals surface area contributed by atoms with Crippen molar-refractivity contribution in [1.82, 2.24) is 15.3 Å². The zero-order valence-corrected chi connectivity index (χ0v) is 16.0. The van der Waals surface area contributed by atoms with E-state index in [2.05, 4.69) is 34.4 Å². The monoisotopic (exact) mass is 365 g/mol. The van der Waals surface area contributed by atoms with Crippen LogP contribution in [0.2, 0.25) is 0 Å². The SMILES string of the molecule is CCC(C)C(=C/N)/C=C(\N)Nc1ccc2ncc(/C(C=N)=C/NC)cc2n1. The van der Waals surface area contributed by atoms with Crippen LogP contribution in [-0.2, 0) is 0 Å². The third kappa shape index (κ3) is 5.07. The summed E-state index contributed by atoms with van der Waals surface area (Å²) >= 11 is 0. The van der Waals surface area contributed by atoms with Crippen molar-refractivity contribution in [2.24, 2.45) is 17.4 Å². The molecule has 2 aromatic heterocycles. The van der Waals surface area contributed by atoms with Crippen molar-refractivity contribution >= 4 is 28.6 Å². The molecule has 1 unspecified atom stereocenters. The Morgan fingerprint density at radius 2 is 2.11 bits per heavy atom. The van der Waals surface area contributed by atoms with Gasteiger partial charge in [0.1, 0.15) is 11.6 Å². The third-order valence-electron chi connectivity index (χ3n) is 4.29. The van der Waals surface area contributed by atoms with Crippen LogP contribution in [0.1, 0.15) is 25.8 Å². The molecule has 2 aromatic rings. The molecule has 0 aliphatic rings. The fourth-order valence-corrected chi connectivity index (χ4v) is 2.55. The molecule has 0 aromatic carbocycles. The fourth-order valence-electron chi connectivity index (χ4n) is 2.55. The largest absolute Gasteiger partial charge is 0.404 e. The zero-order chi connectivity index (χ0) is 19.8. The molecule has 0 saturated carbocycles. The van der Waals surface area contributed by atoms with Crippen LogP contribution in [0.25, 0.3) is 16.6 Å². The molecule has 7 heteroatoms. The first kappa shape index (κ1) is 20.0. The van der Waals surface area contributed by atoms with Crippen molar-refractivity contribution in [3.63, 3.8) is 0 Å². The van der Waals surface area contributed by atoms with Gasteiger partial charge in [-0.2, -0.15) is 0 Å². The Bertz CT molecular complexity index is 896. The first-order chi connectivity index (χ1) is 13.0. The molecule has 0 bridgehead atoms. The maximum absolute atomic E-state index is 7.54. The van der Waals surface area contributed by atoms with Gasteiger partial charge < -0.3 is 27.5 Å². The topological polar surface area (TPSA) is 126 Å². The lowest BCUT2D eigenvalue weighted by Crippen LogP contribution is -2.12. The molecule has 142 valence electrons. The Kier molecular flexibility index (Phi) is 6.93. The lowest BCUT2D eigenvalue weighted by molar-refractivity contribution is 0.667. The number of hydrogen-bond acceptors (Lipinski definition) is 7. The second-order valence-corrected chi connectivity index (χ2v) is 6.19. The number of allylic oxidation sites excluding steroid dienone is 3. The summed E-state index contributed by atoms with van der Waals surface area (Å²) in [6.07, 6.45) is 9.14. The molecule has 0 aliphatic carbocycles. The van der Waals surface area contributed by atoms with Gasteiger partial charge in [-0.25, -0.2) is 4.98 Å².